The second kappa shape index (κ2) is 7.00. The van der Waals surface area contributed by atoms with Crippen LogP contribution in [0.15, 0.2) is 18.5 Å². The number of hydrogen-bond acceptors (Lipinski definition) is 5. The van der Waals surface area contributed by atoms with Gasteiger partial charge in [0.05, 0.1) is 11.9 Å². The normalized spacial score (nSPS) is 10.8. The summed E-state index contributed by atoms with van der Waals surface area (Å²) in [5, 5.41) is 7.57. The maximum Gasteiger partial charge on any atom is 0.157 e. The summed E-state index contributed by atoms with van der Waals surface area (Å²) in [5.41, 5.74) is 1.86. The molecule has 2 rings (SSSR count). The number of anilines is 1. The van der Waals surface area contributed by atoms with Crippen molar-refractivity contribution in [2.24, 2.45) is 0 Å². The van der Waals surface area contributed by atoms with E-state index in [9.17, 15) is 0 Å². The lowest BCUT2D eigenvalue weighted by Gasteiger charge is -2.08. The Kier molecular flexibility index (Phi) is 5.06. The standard InChI is InChI=1S/C14H21N5O/c1-4-6-15-13-7-12(17-14(18-13)10-20-3)11-8-16-19(5-2)9-11/h7-9H,4-6,10H2,1-3H3,(H,15,17,18). The number of hydrogen-bond donors (Lipinski definition) is 1. The quantitative estimate of drug-likeness (QED) is 0.840. The Bertz CT molecular complexity index is 552. The maximum atomic E-state index is 5.13. The van der Waals surface area contributed by atoms with E-state index >= 15 is 0 Å². The summed E-state index contributed by atoms with van der Waals surface area (Å²) in [7, 11) is 1.64. The molecule has 0 saturated carbocycles. The predicted molar refractivity (Wildman–Crippen MR) is 78.4 cm³/mol. The van der Waals surface area contributed by atoms with E-state index in [1.54, 1.807) is 7.11 Å². The highest BCUT2D eigenvalue weighted by Crippen LogP contribution is 2.19. The van der Waals surface area contributed by atoms with Gasteiger partial charge in [0.2, 0.25) is 0 Å². The highest BCUT2D eigenvalue weighted by molar-refractivity contribution is 5.60. The first-order valence-electron chi connectivity index (χ1n) is 6.90. The van der Waals surface area contributed by atoms with Gasteiger partial charge in [0, 0.05) is 38.0 Å². The van der Waals surface area contributed by atoms with Gasteiger partial charge in [-0.2, -0.15) is 5.10 Å². The first-order valence-corrected chi connectivity index (χ1v) is 6.90. The second-order valence-corrected chi connectivity index (χ2v) is 4.50. The molecule has 2 aromatic heterocycles. The van der Waals surface area contributed by atoms with Crippen molar-refractivity contribution in [3.8, 4) is 11.3 Å². The van der Waals surface area contributed by atoms with E-state index in [1.165, 1.54) is 0 Å². The Labute approximate surface area is 119 Å². The van der Waals surface area contributed by atoms with Gasteiger partial charge in [0.25, 0.3) is 0 Å². The zero-order valence-corrected chi connectivity index (χ0v) is 12.3. The average molecular weight is 275 g/mol. The lowest BCUT2D eigenvalue weighted by Crippen LogP contribution is -2.06. The largest absolute Gasteiger partial charge is 0.377 e. The third kappa shape index (κ3) is 3.54. The van der Waals surface area contributed by atoms with Crippen molar-refractivity contribution in [2.45, 2.75) is 33.4 Å². The van der Waals surface area contributed by atoms with Crippen molar-refractivity contribution < 1.29 is 4.74 Å². The fraction of sp³-hybridized carbons (Fsp3) is 0.500. The summed E-state index contributed by atoms with van der Waals surface area (Å²) in [6, 6.07) is 1.95. The number of methoxy groups -OCH3 is 1. The topological polar surface area (TPSA) is 64.9 Å². The molecule has 2 heterocycles. The van der Waals surface area contributed by atoms with E-state index in [-0.39, 0.29) is 0 Å². The fourth-order valence-electron chi connectivity index (χ4n) is 1.85. The van der Waals surface area contributed by atoms with Gasteiger partial charge in [-0.15, -0.1) is 0 Å². The Balaban J connectivity index is 2.32. The molecule has 0 saturated heterocycles. The number of ether oxygens (including phenoxy) is 1. The third-order valence-electron chi connectivity index (χ3n) is 2.86. The van der Waals surface area contributed by atoms with Gasteiger partial charge in [-0.25, -0.2) is 9.97 Å². The molecule has 0 aliphatic rings. The van der Waals surface area contributed by atoms with E-state index in [4.69, 9.17) is 4.74 Å². The van der Waals surface area contributed by atoms with Gasteiger partial charge in [-0.1, -0.05) is 6.92 Å². The molecule has 0 spiro atoms. The van der Waals surface area contributed by atoms with Crippen LogP contribution < -0.4 is 5.32 Å². The lowest BCUT2D eigenvalue weighted by atomic mass is 10.2. The van der Waals surface area contributed by atoms with E-state index in [1.807, 2.05) is 23.1 Å². The van der Waals surface area contributed by atoms with Gasteiger partial charge in [0.1, 0.15) is 12.4 Å². The van der Waals surface area contributed by atoms with Gasteiger partial charge in [0.15, 0.2) is 5.82 Å². The van der Waals surface area contributed by atoms with Gasteiger partial charge in [-0.3, -0.25) is 4.68 Å². The van der Waals surface area contributed by atoms with E-state index in [0.717, 1.165) is 36.6 Å². The molecular formula is C14H21N5O. The van der Waals surface area contributed by atoms with Crippen LogP contribution in [0.1, 0.15) is 26.1 Å². The molecule has 108 valence electrons. The van der Waals surface area contributed by atoms with Crippen molar-refractivity contribution >= 4 is 5.82 Å². The maximum absolute atomic E-state index is 5.13. The number of nitrogens with zero attached hydrogens (tertiary/aromatic N) is 4. The summed E-state index contributed by atoms with van der Waals surface area (Å²) < 4.78 is 7.01. The summed E-state index contributed by atoms with van der Waals surface area (Å²) in [6.45, 7) is 6.31. The first kappa shape index (κ1) is 14.5. The lowest BCUT2D eigenvalue weighted by molar-refractivity contribution is 0.178. The van der Waals surface area contributed by atoms with Crippen LogP contribution in [0.3, 0.4) is 0 Å². The average Bonchev–Trinajstić information content (AvgIpc) is 2.94. The molecule has 0 aliphatic heterocycles. The monoisotopic (exact) mass is 275 g/mol. The van der Waals surface area contributed by atoms with Crippen LogP contribution >= 0.6 is 0 Å². The van der Waals surface area contributed by atoms with E-state index < -0.39 is 0 Å². The van der Waals surface area contributed by atoms with Crippen LogP contribution in [0.25, 0.3) is 11.3 Å². The number of nitrogens with one attached hydrogen (secondary N) is 1. The third-order valence-corrected chi connectivity index (χ3v) is 2.86. The first-order chi connectivity index (χ1) is 9.76. The Morgan fingerprint density at radius 2 is 2.15 bits per heavy atom. The molecule has 0 aromatic carbocycles. The van der Waals surface area contributed by atoms with Gasteiger partial charge >= 0.3 is 0 Å². The van der Waals surface area contributed by atoms with Crippen molar-refractivity contribution in [3.05, 3.63) is 24.3 Å². The summed E-state index contributed by atoms with van der Waals surface area (Å²) in [5.74, 6) is 1.50. The molecule has 0 radical (unpaired) electrons. The van der Waals surface area contributed by atoms with Crippen LogP contribution in [0.4, 0.5) is 5.82 Å². The van der Waals surface area contributed by atoms with Crippen molar-refractivity contribution in [2.75, 3.05) is 19.0 Å². The molecule has 0 unspecified atom stereocenters. The van der Waals surface area contributed by atoms with Crippen LogP contribution in [0.5, 0.6) is 0 Å². The zero-order chi connectivity index (χ0) is 14.4. The van der Waals surface area contributed by atoms with Crippen molar-refractivity contribution in [1.29, 1.82) is 0 Å². The van der Waals surface area contributed by atoms with Gasteiger partial charge < -0.3 is 10.1 Å². The Morgan fingerprint density at radius 3 is 2.80 bits per heavy atom. The second-order valence-electron chi connectivity index (χ2n) is 4.50. The smallest absolute Gasteiger partial charge is 0.157 e. The molecule has 2 aromatic rings. The van der Waals surface area contributed by atoms with Crippen LogP contribution in [0, 0.1) is 0 Å². The van der Waals surface area contributed by atoms with Gasteiger partial charge in [-0.05, 0) is 13.3 Å². The molecule has 1 N–H and O–H groups in total. The highest BCUT2D eigenvalue weighted by Gasteiger charge is 2.08. The highest BCUT2D eigenvalue weighted by atomic mass is 16.5. The summed E-state index contributed by atoms with van der Waals surface area (Å²) >= 11 is 0. The molecule has 6 nitrogen and oxygen atoms in total. The zero-order valence-electron chi connectivity index (χ0n) is 12.3. The fourth-order valence-corrected chi connectivity index (χ4v) is 1.85. The molecule has 0 aliphatic carbocycles. The minimum Gasteiger partial charge on any atom is -0.377 e. The Morgan fingerprint density at radius 1 is 1.30 bits per heavy atom. The molecule has 20 heavy (non-hydrogen) atoms. The molecule has 0 fully saturated rings. The number of aromatic nitrogens is 4. The molecule has 0 bridgehead atoms. The Hall–Kier alpha value is -1.95. The molecule has 0 atom stereocenters. The minimum absolute atomic E-state index is 0.399. The predicted octanol–water partition coefficient (Wildman–Crippen LogP) is 2.33. The number of rotatable bonds is 7. The summed E-state index contributed by atoms with van der Waals surface area (Å²) in [6.07, 6.45) is 4.86. The SMILES string of the molecule is CCCNc1cc(-c2cnn(CC)c2)nc(COC)n1. The van der Waals surface area contributed by atoms with Crippen LogP contribution in [-0.2, 0) is 17.9 Å². The van der Waals surface area contributed by atoms with Crippen molar-refractivity contribution in [1.82, 2.24) is 19.7 Å². The molecule has 0 amide bonds. The molecule has 6 heteroatoms. The van der Waals surface area contributed by atoms with E-state index in [0.29, 0.717) is 12.4 Å². The van der Waals surface area contributed by atoms with Crippen molar-refractivity contribution in [3.63, 3.8) is 0 Å². The number of aryl methyl sites for hydroxylation is 1. The van der Waals surface area contributed by atoms with E-state index in [2.05, 4.69) is 34.2 Å². The molecular weight excluding hydrogens is 254 g/mol. The minimum atomic E-state index is 0.399. The van der Waals surface area contributed by atoms with Crippen LogP contribution in [-0.4, -0.2) is 33.4 Å². The van der Waals surface area contributed by atoms with Crippen LogP contribution in [0.2, 0.25) is 0 Å². The summed E-state index contributed by atoms with van der Waals surface area (Å²) in [4.78, 5) is 8.96.